The number of aliphatic carboxylic acids is 1. The van der Waals surface area contributed by atoms with Gasteiger partial charge in [-0.1, -0.05) is 24.9 Å². The molecule has 1 aliphatic carbocycles. The molecule has 0 aliphatic heterocycles. The molecule has 5 heteroatoms. The van der Waals surface area contributed by atoms with Gasteiger partial charge in [0.2, 0.25) is 0 Å². The molecule has 1 saturated carbocycles. The number of carbonyl (C=O) groups is 1. The highest BCUT2D eigenvalue weighted by Crippen LogP contribution is 2.51. The van der Waals surface area contributed by atoms with E-state index < -0.39 is 11.4 Å². The van der Waals surface area contributed by atoms with E-state index in [0.29, 0.717) is 41.3 Å². The molecule has 0 unspecified atom stereocenters. The fourth-order valence-corrected chi connectivity index (χ4v) is 3.38. The Bertz CT molecular complexity index is 535. The molecule has 0 atom stereocenters. The Hall–Kier alpha value is -1.42. The van der Waals surface area contributed by atoms with Crippen molar-refractivity contribution in [3.63, 3.8) is 0 Å². The van der Waals surface area contributed by atoms with Crippen LogP contribution in [0.1, 0.15) is 37.3 Å². The van der Waals surface area contributed by atoms with Crippen LogP contribution in [0.25, 0.3) is 0 Å². The zero-order valence-electron chi connectivity index (χ0n) is 12.0. The lowest BCUT2D eigenvalue weighted by atomic mass is 9.63. The molecule has 0 heterocycles. The highest BCUT2D eigenvalue weighted by molar-refractivity contribution is 6.32. The minimum Gasteiger partial charge on any atom is -0.493 e. The normalized spacial score (nSPS) is 16.4. The van der Waals surface area contributed by atoms with Crippen molar-refractivity contribution in [1.82, 2.24) is 0 Å². The maximum absolute atomic E-state index is 11.7. The maximum Gasteiger partial charge on any atom is 0.314 e. The Balaban J connectivity index is 2.72. The van der Waals surface area contributed by atoms with E-state index in [1.807, 2.05) is 6.92 Å². The van der Waals surface area contributed by atoms with Crippen LogP contribution >= 0.6 is 11.6 Å². The fraction of sp³-hybridized carbons (Fsp3) is 0.533. The zero-order valence-corrected chi connectivity index (χ0v) is 12.7. The lowest BCUT2D eigenvalue weighted by Crippen LogP contribution is -2.43. The monoisotopic (exact) mass is 298 g/mol. The minimum absolute atomic E-state index is 0.446. The summed E-state index contributed by atoms with van der Waals surface area (Å²) in [5, 5.41) is 10.1. The molecule has 0 spiro atoms. The third-order valence-corrected chi connectivity index (χ3v) is 4.47. The Morgan fingerprint density at radius 1 is 1.40 bits per heavy atom. The van der Waals surface area contributed by atoms with Crippen molar-refractivity contribution in [1.29, 1.82) is 0 Å². The molecule has 20 heavy (non-hydrogen) atoms. The van der Waals surface area contributed by atoms with Gasteiger partial charge < -0.3 is 14.6 Å². The zero-order chi connectivity index (χ0) is 14.9. The Kier molecular flexibility index (Phi) is 4.14. The second kappa shape index (κ2) is 5.52. The summed E-state index contributed by atoms with van der Waals surface area (Å²) in [5.41, 5.74) is 0.652. The second-order valence-electron chi connectivity index (χ2n) is 5.04. The van der Waals surface area contributed by atoms with Crippen LogP contribution in [-0.4, -0.2) is 25.3 Å². The largest absolute Gasteiger partial charge is 0.493 e. The smallest absolute Gasteiger partial charge is 0.314 e. The lowest BCUT2D eigenvalue weighted by molar-refractivity contribution is -0.147. The quantitative estimate of drug-likeness (QED) is 0.905. The van der Waals surface area contributed by atoms with E-state index in [-0.39, 0.29) is 0 Å². The topological polar surface area (TPSA) is 55.8 Å². The predicted molar refractivity (Wildman–Crippen MR) is 77.1 cm³/mol. The van der Waals surface area contributed by atoms with Crippen LogP contribution in [0.4, 0.5) is 0 Å². The highest BCUT2D eigenvalue weighted by atomic mass is 35.5. The van der Waals surface area contributed by atoms with Crippen molar-refractivity contribution in [2.24, 2.45) is 0 Å². The molecule has 1 aliphatic rings. The number of carboxylic acids is 1. The van der Waals surface area contributed by atoms with E-state index in [1.165, 1.54) is 0 Å². The lowest BCUT2D eigenvalue weighted by Gasteiger charge is -2.40. The van der Waals surface area contributed by atoms with E-state index in [9.17, 15) is 9.90 Å². The highest BCUT2D eigenvalue weighted by Gasteiger charge is 2.49. The Morgan fingerprint density at radius 2 is 2.05 bits per heavy atom. The Morgan fingerprint density at radius 3 is 2.40 bits per heavy atom. The molecule has 110 valence electrons. The van der Waals surface area contributed by atoms with E-state index in [2.05, 4.69) is 0 Å². The molecule has 0 aromatic heterocycles. The van der Waals surface area contributed by atoms with Gasteiger partial charge in [-0.3, -0.25) is 4.79 Å². The first-order chi connectivity index (χ1) is 9.51. The van der Waals surface area contributed by atoms with Gasteiger partial charge in [0.15, 0.2) is 11.5 Å². The molecule has 1 fully saturated rings. The van der Waals surface area contributed by atoms with Gasteiger partial charge in [0.1, 0.15) is 0 Å². The Labute approximate surface area is 123 Å². The fourth-order valence-electron chi connectivity index (χ4n) is 2.99. The number of ether oxygens (including phenoxy) is 2. The number of rotatable bonds is 5. The number of methoxy groups -OCH3 is 2. The van der Waals surface area contributed by atoms with Crippen LogP contribution in [0.3, 0.4) is 0 Å². The van der Waals surface area contributed by atoms with Gasteiger partial charge in [0.05, 0.1) is 19.6 Å². The van der Waals surface area contributed by atoms with Crippen molar-refractivity contribution < 1.29 is 19.4 Å². The number of halogens is 1. The minimum atomic E-state index is -0.873. The van der Waals surface area contributed by atoms with Gasteiger partial charge >= 0.3 is 5.97 Å². The van der Waals surface area contributed by atoms with Gasteiger partial charge in [-0.2, -0.15) is 0 Å². The molecule has 0 radical (unpaired) electrons. The third kappa shape index (κ3) is 2.03. The first kappa shape index (κ1) is 15.0. The van der Waals surface area contributed by atoms with Crippen LogP contribution < -0.4 is 9.47 Å². The summed E-state index contributed by atoms with van der Waals surface area (Å²) in [6.07, 6.45) is 2.78. The van der Waals surface area contributed by atoms with Crippen LogP contribution in [0.2, 0.25) is 5.02 Å². The first-order valence-electron chi connectivity index (χ1n) is 6.69. The predicted octanol–water partition coefficient (Wildman–Crippen LogP) is 3.43. The summed E-state index contributed by atoms with van der Waals surface area (Å²) >= 11 is 6.36. The standard InChI is InChI=1S/C15H19ClO4/c1-4-9-12(15(14(17)18)6-5-7-15)10(16)8-11(19-2)13(9)20-3/h8H,4-7H2,1-3H3,(H,17,18). The maximum atomic E-state index is 11.7. The molecule has 0 saturated heterocycles. The third-order valence-electron chi connectivity index (χ3n) is 4.17. The summed E-state index contributed by atoms with van der Waals surface area (Å²) < 4.78 is 10.7. The molecule has 4 nitrogen and oxygen atoms in total. The number of benzene rings is 1. The van der Waals surface area contributed by atoms with Crippen LogP contribution in [0, 0.1) is 0 Å². The van der Waals surface area contributed by atoms with E-state index in [4.69, 9.17) is 21.1 Å². The van der Waals surface area contributed by atoms with Crippen molar-refractivity contribution >= 4 is 17.6 Å². The van der Waals surface area contributed by atoms with Gasteiger partial charge in [0, 0.05) is 16.7 Å². The van der Waals surface area contributed by atoms with Gasteiger partial charge in [0.25, 0.3) is 0 Å². The molecule has 1 aromatic carbocycles. The summed E-state index contributed by atoms with van der Waals surface area (Å²) in [5.74, 6) is 0.312. The second-order valence-corrected chi connectivity index (χ2v) is 5.45. The van der Waals surface area contributed by atoms with Crippen molar-refractivity contribution in [2.45, 2.75) is 38.0 Å². The van der Waals surface area contributed by atoms with Crippen molar-refractivity contribution in [2.75, 3.05) is 14.2 Å². The summed E-state index contributed by atoms with van der Waals surface area (Å²) in [6, 6.07) is 1.65. The van der Waals surface area contributed by atoms with Crippen LogP contribution in [0.5, 0.6) is 11.5 Å². The molecular formula is C15H19ClO4. The van der Waals surface area contributed by atoms with Gasteiger partial charge in [-0.15, -0.1) is 0 Å². The van der Waals surface area contributed by atoms with Crippen LogP contribution in [0.15, 0.2) is 6.07 Å². The molecule has 1 N–H and O–H groups in total. The van der Waals surface area contributed by atoms with E-state index in [0.717, 1.165) is 12.0 Å². The molecule has 0 amide bonds. The number of hydrogen-bond acceptors (Lipinski definition) is 3. The van der Waals surface area contributed by atoms with E-state index >= 15 is 0 Å². The SMILES string of the molecule is CCc1c(OC)c(OC)cc(Cl)c1C1(C(=O)O)CCC1. The first-order valence-corrected chi connectivity index (χ1v) is 7.06. The van der Waals surface area contributed by atoms with Gasteiger partial charge in [-0.05, 0) is 24.8 Å². The molecular weight excluding hydrogens is 280 g/mol. The van der Waals surface area contributed by atoms with E-state index in [1.54, 1.807) is 20.3 Å². The summed E-state index contributed by atoms with van der Waals surface area (Å²) in [6.45, 7) is 1.96. The number of hydrogen-bond donors (Lipinski definition) is 1. The average Bonchev–Trinajstić information content (AvgIpc) is 2.37. The van der Waals surface area contributed by atoms with Crippen molar-refractivity contribution in [3.8, 4) is 11.5 Å². The molecule has 1 aromatic rings. The van der Waals surface area contributed by atoms with Gasteiger partial charge in [-0.25, -0.2) is 0 Å². The molecule has 2 rings (SSSR count). The summed E-state index contributed by atoms with van der Waals surface area (Å²) in [7, 11) is 3.10. The summed E-state index contributed by atoms with van der Waals surface area (Å²) in [4.78, 5) is 11.7. The average molecular weight is 299 g/mol. The number of carboxylic acid groups (broad SMARTS) is 1. The van der Waals surface area contributed by atoms with Crippen LogP contribution in [-0.2, 0) is 16.6 Å². The van der Waals surface area contributed by atoms with Crippen molar-refractivity contribution in [3.05, 3.63) is 22.2 Å². The molecule has 0 bridgehead atoms.